The average molecular weight is 253 g/mol. The van der Waals surface area contributed by atoms with E-state index in [9.17, 15) is 9.90 Å². The second-order valence-electron chi connectivity index (χ2n) is 4.36. The number of hydrogen-bond acceptors (Lipinski definition) is 3. The van der Waals surface area contributed by atoms with Crippen molar-refractivity contribution < 1.29 is 9.90 Å². The number of nitrogens with zero attached hydrogens (tertiary/aromatic N) is 2. The van der Waals surface area contributed by atoms with Gasteiger partial charge in [0, 0.05) is 22.7 Å². The molecule has 0 fully saturated rings. The van der Waals surface area contributed by atoms with Crippen molar-refractivity contribution in [2.24, 2.45) is 5.10 Å². The number of benzene rings is 1. The maximum atomic E-state index is 12.2. The normalized spacial score (nSPS) is 23.8. The van der Waals surface area contributed by atoms with Gasteiger partial charge in [-0.2, -0.15) is 10.1 Å². The fourth-order valence-electron chi connectivity index (χ4n) is 1.88. The largest absolute Gasteiger partial charge is 0.369 e. The van der Waals surface area contributed by atoms with Crippen LogP contribution in [0.15, 0.2) is 29.4 Å². The maximum absolute atomic E-state index is 12.2. The number of amides is 1. The molecule has 2 rings (SSSR count). The van der Waals surface area contributed by atoms with E-state index in [-0.39, 0.29) is 5.91 Å². The van der Waals surface area contributed by atoms with Gasteiger partial charge in [0.2, 0.25) is 0 Å². The SMILES string of the molecule is CC1=NN(C(=O)c2cccc(Cl)c2)[C@](C)(O)C1. The average Bonchev–Trinajstić information content (AvgIpc) is 2.51. The minimum atomic E-state index is -1.26. The van der Waals surface area contributed by atoms with Crippen molar-refractivity contribution in [3.63, 3.8) is 0 Å². The molecule has 1 aromatic carbocycles. The van der Waals surface area contributed by atoms with Gasteiger partial charge in [0.15, 0.2) is 5.72 Å². The van der Waals surface area contributed by atoms with Crippen LogP contribution in [0.25, 0.3) is 0 Å². The first-order valence-corrected chi connectivity index (χ1v) is 5.64. The summed E-state index contributed by atoms with van der Waals surface area (Å²) < 4.78 is 0. The van der Waals surface area contributed by atoms with Gasteiger partial charge in [0.05, 0.1) is 0 Å². The molecule has 1 atom stereocenters. The molecule has 1 aliphatic heterocycles. The predicted molar refractivity (Wildman–Crippen MR) is 66.0 cm³/mol. The number of rotatable bonds is 1. The summed E-state index contributed by atoms with van der Waals surface area (Å²) >= 11 is 5.83. The topological polar surface area (TPSA) is 52.9 Å². The molecule has 0 spiro atoms. The van der Waals surface area contributed by atoms with E-state index >= 15 is 0 Å². The van der Waals surface area contributed by atoms with E-state index in [1.807, 2.05) is 0 Å². The Morgan fingerprint density at radius 3 is 2.82 bits per heavy atom. The lowest BCUT2D eigenvalue weighted by Gasteiger charge is -2.26. The van der Waals surface area contributed by atoms with E-state index in [1.54, 1.807) is 38.1 Å². The lowest BCUT2D eigenvalue weighted by molar-refractivity contribution is -0.0553. The Kier molecular flexibility index (Phi) is 2.93. The van der Waals surface area contributed by atoms with Gasteiger partial charge in [0.1, 0.15) is 0 Å². The smallest absolute Gasteiger partial charge is 0.276 e. The summed E-state index contributed by atoms with van der Waals surface area (Å²) in [5.74, 6) is -0.352. The number of aliphatic hydroxyl groups is 1. The van der Waals surface area contributed by atoms with Crippen LogP contribution in [0.1, 0.15) is 30.6 Å². The Bertz CT molecular complexity index is 497. The van der Waals surface area contributed by atoms with Crippen LogP contribution in [-0.4, -0.2) is 27.5 Å². The van der Waals surface area contributed by atoms with E-state index in [4.69, 9.17) is 11.6 Å². The number of carbonyl (C=O) groups excluding carboxylic acids is 1. The predicted octanol–water partition coefficient (Wildman–Crippen LogP) is 2.27. The molecular weight excluding hydrogens is 240 g/mol. The second kappa shape index (κ2) is 4.13. The Hall–Kier alpha value is -1.39. The van der Waals surface area contributed by atoms with Crippen LogP contribution in [0.3, 0.4) is 0 Å². The molecule has 90 valence electrons. The molecule has 1 aliphatic rings. The van der Waals surface area contributed by atoms with Gasteiger partial charge in [-0.3, -0.25) is 4.79 Å². The summed E-state index contributed by atoms with van der Waals surface area (Å²) in [5.41, 5.74) is -0.120. The fourth-order valence-corrected chi connectivity index (χ4v) is 2.07. The van der Waals surface area contributed by atoms with E-state index < -0.39 is 5.72 Å². The Morgan fingerprint density at radius 1 is 1.59 bits per heavy atom. The summed E-state index contributed by atoms with van der Waals surface area (Å²) in [6.07, 6.45) is 0.360. The molecule has 0 saturated heterocycles. The van der Waals surface area contributed by atoms with Crippen molar-refractivity contribution in [3.8, 4) is 0 Å². The number of hydrazone groups is 1. The third kappa shape index (κ3) is 2.33. The number of hydrogen-bond donors (Lipinski definition) is 1. The first kappa shape index (κ1) is 12.1. The standard InChI is InChI=1S/C12H13ClN2O2/c1-8-7-12(2,17)15(14-8)11(16)9-4-3-5-10(13)6-9/h3-6,17H,7H2,1-2H3/t12-/m1/s1. The molecular formula is C12H13ClN2O2. The molecule has 5 heteroatoms. The van der Waals surface area contributed by atoms with Crippen molar-refractivity contribution in [3.05, 3.63) is 34.9 Å². The lowest BCUT2D eigenvalue weighted by atomic mass is 10.1. The van der Waals surface area contributed by atoms with Crippen molar-refractivity contribution in [1.29, 1.82) is 0 Å². The minimum Gasteiger partial charge on any atom is -0.369 e. The van der Waals surface area contributed by atoms with Crippen molar-refractivity contribution >= 4 is 23.2 Å². The van der Waals surface area contributed by atoms with E-state index in [1.165, 1.54) is 0 Å². The summed E-state index contributed by atoms with van der Waals surface area (Å²) in [4.78, 5) is 12.2. The summed E-state index contributed by atoms with van der Waals surface area (Å²) in [5, 5.41) is 15.7. The van der Waals surface area contributed by atoms with Gasteiger partial charge >= 0.3 is 0 Å². The van der Waals surface area contributed by atoms with E-state index in [0.717, 1.165) is 10.7 Å². The number of halogens is 1. The van der Waals surface area contributed by atoms with Crippen LogP contribution < -0.4 is 0 Å². The van der Waals surface area contributed by atoms with Gasteiger partial charge in [-0.1, -0.05) is 17.7 Å². The first-order valence-electron chi connectivity index (χ1n) is 5.27. The molecule has 1 heterocycles. The highest BCUT2D eigenvalue weighted by Gasteiger charge is 2.39. The third-order valence-corrected chi connectivity index (χ3v) is 2.82. The summed E-state index contributed by atoms with van der Waals surface area (Å²) in [6.45, 7) is 3.34. The third-order valence-electron chi connectivity index (χ3n) is 2.58. The monoisotopic (exact) mass is 252 g/mol. The first-order chi connectivity index (χ1) is 7.90. The van der Waals surface area contributed by atoms with Crippen molar-refractivity contribution in [2.45, 2.75) is 26.0 Å². The molecule has 4 nitrogen and oxygen atoms in total. The summed E-state index contributed by atoms with van der Waals surface area (Å²) in [6, 6.07) is 6.59. The van der Waals surface area contributed by atoms with E-state index in [2.05, 4.69) is 5.10 Å². The molecule has 17 heavy (non-hydrogen) atoms. The molecule has 0 unspecified atom stereocenters. The van der Waals surface area contributed by atoms with Gasteiger partial charge in [-0.05, 0) is 32.0 Å². The van der Waals surface area contributed by atoms with Crippen LogP contribution in [0.4, 0.5) is 0 Å². The molecule has 0 radical (unpaired) electrons. The van der Waals surface area contributed by atoms with Gasteiger partial charge < -0.3 is 5.11 Å². The second-order valence-corrected chi connectivity index (χ2v) is 4.79. The Balaban J connectivity index is 2.32. The quantitative estimate of drug-likeness (QED) is 0.834. The zero-order valence-electron chi connectivity index (χ0n) is 9.64. The minimum absolute atomic E-state index is 0.352. The maximum Gasteiger partial charge on any atom is 0.276 e. The summed E-state index contributed by atoms with van der Waals surface area (Å²) in [7, 11) is 0. The highest BCUT2D eigenvalue weighted by atomic mass is 35.5. The highest BCUT2D eigenvalue weighted by Crippen LogP contribution is 2.26. The van der Waals surface area contributed by atoms with Crippen LogP contribution in [0.5, 0.6) is 0 Å². The molecule has 0 bridgehead atoms. The molecule has 0 saturated carbocycles. The van der Waals surface area contributed by atoms with Crippen LogP contribution in [0, 0.1) is 0 Å². The van der Waals surface area contributed by atoms with Crippen LogP contribution in [0.2, 0.25) is 5.02 Å². The van der Waals surface area contributed by atoms with Gasteiger partial charge in [0.25, 0.3) is 5.91 Å². The van der Waals surface area contributed by atoms with Gasteiger partial charge in [-0.15, -0.1) is 0 Å². The molecule has 0 aromatic heterocycles. The fraction of sp³-hybridized carbons (Fsp3) is 0.333. The Morgan fingerprint density at radius 2 is 2.29 bits per heavy atom. The van der Waals surface area contributed by atoms with Gasteiger partial charge in [-0.25, -0.2) is 0 Å². The Labute approximate surface area is 104 Å². The zero-order valence-corrected chi connectivity index (χ0v) is 10.4. The molecule has 1 aromatic rings. The zero-order chi connectivity index (χ0) is 12.6. The number of carbonyl (C=O) groups is 1. The molecule has 1 amide bonds. The van der Waals surface area contributed by atoms with Crippen LogP contribution >= 0.6 is 11.6 Å². The van der Waals surface area contributed by atoms with Crippen LogP contribution in [-0.2, 0) is 0 Å². The van der Waals surface area contributed by atoms with E-state index in [0.29, 0.717) is 17.0 Å². The van der Waals surface area contributed by atoms with Crippen molar-refractivity contribution in [1.82, 2.24) is 5.01 Å². The highest BCUT2D eigenvalue weighted by molar-refractivity contribution is 6.31. The van der Waals surface area contributed by atoms with Crippen molar-refractivity contribution in [2.75, 3.05) is 0 Å². The molecule has 0 aliphatic carbocycles. The molecule has 1 N–H and O–H groups in total. The lowest BCUT2D eigenvalue weighted by Crippen LogP contribution is -2.43.